The third kappa shape index (κ3) is 9.57. The van der Waals surface area contributed by atoms with E-state index in [1.54, 1.807) is 19.2 Å². The summed E-state index contributed by atoms with van der Waals surface area (Å²) in [5.41, 5.74) is 2.42. The molecule has 0 fully saturated rings. The SMILES string of the molecule is COc1ccc(CCCOCCCCCC(C)NCC(O)c2ccc(O)c(CO)c2)cc1. The number of aliphatic hydroxyl groups is 2. The maximum absolute atomic E-state index is 10.3. The molecule has 0 heterocycles. The van der Waals surface area contributed by atoms with Gasteiger partial charge in [-0.25, -0.2) is 0 Å². The van der Waals surface area contributed by atoms with Gasteiger partial charge in [-0.2, -0.15) is 0 Å². The molecule has 0 aromatic heterocycles. The van der Waals surface area contributed by atoms with Gasteiger partial charge in [0.25, 0.3) is 0 Å². The molecule has 0 aliphatic rings. The van der Waals surface area contributed by atoms with Crippen LogP contribution in [0.4, 0.5) is 0 Å². The Bertz CT molecular complexity index is 765. The average Bonchev–Trinajstić information content (AvgIpc) is 2.82. The van der Waals surface area contributed by atoms with E-state index in [9.17, 15) is 15.3 Å². The van der Waals surface area contributed by atoms with E-state index in [0.29, 0.717) is 23.7 Å². The Morgan fingerprint density at radius 1 is 0.969 bits per heavy atom. The number of ether oxygens (including phenoxy) is 2. The first kappa shape index (κ1) is 26.1. The lowest BCUT2D eigenvalue weighted by molar-refractivity contribution is 0.127. The normalized spacial score (nSPS) is 13.1. The third-order valence-electron chi connectivity index (χ3n) is 5.66. The molecule has 178 valence electrons. The highest BCUT2D eigenvalue weighted by Gasteiger charge is 2.11. The highest BCUT2D eigenvalue weighted by Crippen LogP contribution is 2.22. The molecule has 6 heteroatoms. The largest absolute Gasteiger partial charge is 0.508 e. The summed E-state index contributed by atoms with van der Waals surface area (Å²) in [5, 5.41) is 32.6. The minimum atomic E-state index is -0.672. The van der Waals surface area contributed by atoms with Gasteiger partial charge in [0.2, 0.25) is 0 Å². The van der Waals surface area contributed by atoms with E-state index < -0.39 is 6.10 Å². The molecule has 2 aromatic carbocycles. The number of aryl methyl sites for hydroxylation is 1. The highest BCUT2D eigenvalue weighted by molar-refractivity contribution is 5.36. The van der Waals surface area contributed by atoms with Gasteiger partial charge in [-0.3, -0.25) is 0 Å². The molecular formula is C26H39NO5. The number of hydrogen-bond acceptors (Lipinski definition) is 6. The van der Waals surface area contributed by atoms with Crippen molar-refractivity contribution in [3.05, 3.63) is 59.2 Å². The molecule has 0 aliphatic carbocycles. The van der Waals surface area contributed by atoms with E-state index in [-0.39, 0.29) is 12.4 Å². The average molecular weight is 446 g/mol. The summed E-state index contributed by atoms with van der Waals surface area (Å²) in [6, 6.07) is 13.3. The zero-order chi connectivity index (χ0) is 23.2. The van der Waals surface area contributed by atoms with E-state index >= 15 is 0 Å². The molecule has 0 bridgehead atoms. The molecule has 6 nitrogen and oxygen atoms in total. The van der Waals surface area contributed by atoms with E-state index in [4.69, 9.17) is 9.47 Å². The predicted octanol–water partition coefficient (Wildman–Crippen LogP) is 4.11. The topological polar surface area (TPSA) is 91.2 Å². The minimum absolute atomic E-state index is 0.0472. The van der Waals surface area contributed by atoms with Crippen molar-refractivity contribution >= 4 is 0 Å². The van der Waals surface area contributed by atoms with Crippen LogP contribution in [-0.4, -0.2) is 48.2 Å². The van der Waals surface area contributed by atoms with Crippen molar-refractivity contribution in [1.29, 1.82) is 0 Å². The lowest BCUT2D eigenvalue weighted by Crippen LogP contribution is -2.30. The highest BCUT2D eigenvalue weighted by atomic mass is 16.5. The summed E-state index contributed by atoms with van der Waals surface area (Å²) >= 11 is 0. The van der Waals surface area contributed by atoms with Crippen LogP contribution in [-0.2, 0) is 17.8 Å². The number of aliphatic hydroxyl groups excluding tert-OH is 2. The van der Waals surface area contributed by atoms with Crippen molar-refractivity contribution in [2.45, 2.75) is 64.2 Å². The van der Waals surface area contributed by atoms with Gasteiger partial charge in [-0.15, -0.1) is 0 Å². The van der Waals surface area contributed by atoms with Gasteiger partial charge in [-0.05, 0) is 68.0 Å². The van der Waals surface area contributed by atoms with Crippen molar-refractivity contribution in [2.75, 3.05) is 26.9 Å². The predicted molar refractivity (Wildman–Crippen MR) is 127 cm³/mol. The van der Waals surface area contributed by atoms with Crippen LogP contribution in [0.5, 0.6) is 11.5 Å². The van der Waals surface area contributed by atoms with Gasteiger partial charge in [0.05, 0.1) is 19.8 Å². The van der Waals surface area contributed by atoms with Crippen LogP contribution in [0.15, 0.2) is 42.5 Å². The summed E-state index contributed by atoms with van der Waals surface area (Å²) in [7, 11) is 1.68. The van der Waals surface area contributed by atoms with Gasteiger partial charge in [0.15, 0.2) is 0 Å². The smallest absolute Gasteiger partial charge is 0.121 e. The van der Waals surface area contributed by atoms with Gasteiger partial charge < -0.3 is 30.1 Å². The molecule has 2 unspecified atom stereocenters. The fourth-order valence-electron chi connectivity index (χ4n) is 3.58. The first-order valence-electron chi connectivity index (χ1n) is 11.6. The van der Waals surface area contributed by atoms with Crippen LogP contribution in [0.25, 0.3) is 0 Å². The Labute approximate surface area is 192 Å². The summed E-state index contributed by atoms with van der Waals surface area (Å²) in [6.45, 7) is 3.91. The maximum atomic E-state index is 10.3. The molecule has 0 saturated heterocycles. The van der Waals surface area contributed by atoms with Crippen LogP contribution in [0.2, 0.25) is 0 Å². The van der Waals surface area contributed by atoms with Crippen LogP contribution >= 0.6 is 0 Å². The number of unbranched alkanes of at least 4 members (excludes halogenated alkanes) is 2. The molecule has 0 saturated carbocycles. The maximum Gasteiger partial charge on any atom is 0.121 e. The summed E-state index contributed by atoms with van der Waals surface area (Å²) in [6.07, 6.45) is 5.73. The second-order valence-electron chi connectivity index (χ2n) is 8.28. The number of phenols is 1. The number of aromatic hydroxyl groups is 1. The molecule has 2 atom stereocenters. The monoisotopic (exact) mass is 445 g/mol. The van der Waals surface area contributed by atoms with Gasteiger partial charge in [0, 0.05) is 31.4 Å². The Kier molecular flexibility index (Phi) is 12.1. The van der Waals surface area contributed by atoms with Crippen LogP contribution < -0.4 is 10.1 Å². The Hall–Kier alpha value is -2.12. The van der Waals surface area contributed by atoms with Gasteiger partial charge in [0.1, 0.15) is 11.5 Å². The molecule has 0 radical (unpaired) electrons. The summed E-state index contributed by atoms with van der Waals surface area (Å²) in [5.74, 6) is 0.936. The van der Waals surface area contributed by atoms with Crippen molar-refractivity contribution in [1.82, 2.24) is 5.32 Å². The lowest BCUT2D eigenvalue weighted by Gasteiger charge is -2.18. The van der Waals surface area contributed by atoms with Crippen LogP contribution in [0, 0.1) is 0 Å². The van der Waals surface area contributed by atoms with Gasteiger partial charge >= 0.3 is 0 Å². The first-order chi connectivity index (χ1) is 15.5. The molecular weight excluding hydrogens is 406 g/mol. The second-order valence-corrected chi connectivity index (χ2v) is 8.28. The number of nitrogens with one attached hydrogen (secondary N) is 1. The van der Waals surface area contributed by atoms with Gasteiger partial charge in [-0.1, -0.05) is 31.0 Å². The first-order valence-corrected chi connectivity index (χ1v) is 11.6. The Morgan fingerprint density at radius 3 is 2.44 bits per heavy atom. The zero-order valence-electron chi connectivity index (χ0n) is 19.4. The van der Waals surface area contributed by atoms with Crippen molar-refractivity contribution in [3.8, 4) is 11.5 Å². The van der Waals surface area contributed by atoms with E-state index in [1.165, 1.54) is 11.6 Å². The summed E-state index contributed by atoms with van der Waals surface area (Å²) < 4.78 is 10.9. The standard InChI is InChI=1S/C26H39NO5/c1-20(27-18-26(30)22-11-14-25(29)23(17-22)19-28)7-4-3-5-15-32-16-6-8-21-9-12-24(31-2)13-10-21/h9-14,17,20,26-30H,3-8,15-16,18-19H2,1-2H3. The number of rotatable bonds is 16. The minimum Gasteiger partial charge on any atom is -0.508 e. The fourth-order valence-corrected chi connectivity index (χ4v) is 3.58. The van der Waals surface area contributed by atoms with E-state index in [2.05, 4.69) is 24.4 Å². The van der Waals surface area contributed by atoms with Crippen molar-refractivity contribution in [2.24, 2.45) is 0 Å². The van der Waals surface area contributed by atoms with Crippen molar-refractivity contribution < 1.29 is 24.8 Å². The summed E-state index contributed by atoms with van der Waals surface area (Å²) in [4.78, 5) is 0. The third-order valence-corrected chi connectivity index (χ3v) is 5.66. The fraction of sp³-hybridized carbons (Fsp3) is 0.538. The van der Waals surface area contributed by atoms with Crippen LogP contribution in [0.3, 0.4) is 0 Å². The second kappa shape index (κ2) is 14.9. The molecule has 4 N–H and O–H groups in total. The molecule has 2 aromatic rings. The molecule has 32 heavy (non-hydrogen) atoms. The lowest BCUT2D eigenvalue weighted by atomic mass is 10.0. The molecule has 0 aliphatic heterocycles. The van der Waals surface area contributed by atoms with Crippen molar-refractivity contribution in [3.63, 3.8) is 0 Å². The number of benzene rings is 2. The number of hydrogen-bond donors (Lipinski definition) is 4. The number of methoxy groups -OCH3 is 1. The Balaban J connectivity index is 1.47. The van der Waals surface area contributed by atoms with Crippen LogP contribution in [0.1, 0.15) is 61.8 Å². The zero-order valence-corrected chi connectivity index (χ0v) is 19.4. The quantitative estimate of drug-likeness (QED) is 0.291. The Morgan fingerprint density at radius 2 is 1.72 bits per heavy atom. The van der Waals surface area contributed by atoms with E-state index in [1.807, 2.05) is 12.1 Å². The molecule has 0 amide bonds. The molecule has 2 rings (SSSR count). The van der Waals surface area contributed by atoms with E-state index in [0.717, 1.165) is 57.5 Å². The molecule has 0 spiro atoms.